The summed E-state index contributed by atoms with van der Waals surface area (Å²) in [5, 5.41) is 14.2. The molecule has 0 amide bonds. The Kier molecular flexibility index (Phi) is 15.5. The lowest BCUT2D eigenvalue weighted by molar-refractivity contribution is -0.424. The molecule has 0 radical (unpaired) electrons. The highest BCUT2D eigenvalue weighted by atomic mass is 32.2. The Hall–Kier alpha value is -2.63. The molecule has 4 unspecified atom stereocenters. The lowest BCUT2D eigenvalue weighted by Crippen LogP contribution is -2.33. The van der Waals surface area contributed by atoms with Gasteiger partial charge in [0.05, 0.1) is 19.8 Å². The van der Waals surface area contributed by atoms with Gasteiger partial charge in [-0.2, -0.15) is 0 Å². The predicted molar refractivity (Wildman–Crippen MR) is 188 cm³/mol. The van der Waals surface area contributed by atoms with E-state index in [2.05, 4.69) is 69.3 Å². The van der Waals surface area contributed by atoms with Crippen molar-refractivity contribution in [3.8, 4) is 17.2 Å². The number of unbranched alkanes of at least 4 members (excludes halogenated alkanes) is 9. The summed E-state index contributed by atoms with van der Waals surface area (Å²) in [6.07, 6.45) is 13.5. The van der Waals surface area contributed by atoms with Crippen molar-refractivity contribution in [1.29, 1.82) is 0 Å². The third-order valence-corrected chi connectivity index (χ3v) is 10.4. The molecule has 5 heteroatoms. The molecule has 0 saturated carbocycles. The number of thioether (sulfide) groups is 1. The molecule has 0 aliphatic carbocycles. The molecule has 3 aromatic rings. The number of benzene rings is 3. The van der Waals surface area contributed by atoms with Gasteiger partial charge in [-0.25, -0.2) is 0 Å². The highest BCUT2D eigenvalue weighted by Crippen LogP contribution is 2.59. The summed E-state index contributed by atoms with van der Waals surface area (Å²) in [6.45, 7) is 8.89. The van der Waals surface area contributed by atoms with Crippen molar-refractivity contribution in [2.45, 2.75) is 120 Å². The summed E-state index contributed by atoms with van der Waals surface area (Å²) in [5.41, 5.74) is 3.33. The molecule has 1 aliphatic heterocycles. The molecule has 0 bridgehead atoms. The molecular weight excluding hydrogens is 577 g/mol. The second kappa shape index (κ2) is 19.8. The van der Waals surface area contributed by atoms with Gasteiger partial charge in [0.1, 0.15) is 17.2 Å². The van der Waals surface area contributed by atoms with Gasteiger partial charge in [0.25, 0.3) is 0 Å². The summed E-state index contributed by atoms with van der Waals surface area (Å²) >= 11 is 1.79. The van der Waals surface area contributed by atoms with Gasteiger partial charge in [-0.1, -0.05) is 115 Å². The van der Waals surface area contributed by atoms with Gasteiger partial charge in [-0.15, -0.1) is 17.9 Å². The Morgan fingerprint density at radius 3 is 1.20 bits per heavy atom. The van der Waals surface area contributed by atoms with Gasteiger partial charge in [0.15, 0.2) is 0 Å². The van der Waals surface area contributed by atoms with Crippen LogP contribution < -0.4 is 19.3 Å². The maximum absolute atomic E-state index is 14.3. The number of rotatable bonds is 21. The average Bonchev–Trinajstić information content (AvgIpc) is 3.42. The molecule has 4 nitrogen and oxygen atoms in total. The molecule has 1 saturated heterocycles. The van der Waals surface area contributed by atoms with Crippen LogP contribution in [0.2, 0.25) is 0 Å². The van der Waals surface area contributed by atoms with Gasteiger partial charge in [0.2, 0.25) is 0 Å². The molecule has 45 heavy (non-hydrogen) atoms. The van der Waals surface area contributed by atoms with Crippen molar-refractivity contribution in [3.05, 3.63) is 89.5 Å². The Morgan fingerprint density at radius 1 is 0.467 bits per heavy atom. The van der Waals surface area contributed by atoms with E-state index in [4.69, 9.17) is 14.2 Å². The lowest BCUT2D eigenvalue weighted by Gasteiger charge is -2.31. The summed E-state index contributed by atoms with van der Waals surface area (Å²) in [6, 6.07) is 25.0. The minimum Gasteiger partial charge on any atom is -0.850 e. The van der Waals surface area contributed by atoms with Gasteiger partial charge in [0, 0.05) is 10.5 Å². The van der Waals surface area contributed by atoms with Crippen LogP contribution in [0.5, 0.6) is 17.2 Å². The Balaban J connectivity index is 1.47. The first kappa shape index (κ1) is 35.2. The molecule has 1 heterocycles. The summed E-state index contributed by atoms with van der Waals surface area (Å²) in [4.78, 5) is 0. The van der Waals surface area contributed by atoms with Crippen LogP contribution >= 0.6 is 11.8 Å². The lowest BCUT2D eigenvalue weighted by atomic mass is 9.84. The highest BCUT2D eigenvalue weighted by molar-refractivity contribution is 8.00. The monoisotopic (exact) mass is 631 g/mol. The molecule has 4 atom stereocenters. The molecule has 0 N–H and O–H groups in total. The van der Waals surface area contributed by atoms with Crippen LogP contribution in [0, 0.1) is 0 Å². The predicted octanol–water partition coefficient (Wildman–Crippen LogP) is 10.6. The van der Waals surface area contributed by atoms with Crippen LogP contribution in [0.1, 0.15) is 131 Å². The normalized spacial score (nSPS) is 19.5. The molecule has 4 rings (SSSR count). The zero-order chi connectivity index (χ0) is 31.7. The first-order valence-electron chi connectivity index (χ1n) is 17.6. The molecule has 0 spiro atoms. The van der Waals surface area contributed by atoms with Crippen molar-refractivity contribution in [1.82, 2.24) is 0 Å². The zero-order valence-electron chi connectivity index (χ0n) is 27.9. The van der Waals surface area contributed by atoms with E-state index in [9.17, 15) is 5.11 Å². The maximum Gasteiger partial charge on any atom is 0.119 e. The minimum absolute atomic E-state index is 0.0476. The van der Waals surface area contributed by atoms with Crippen LogP contribution in [0.3, 0.4) is 0 Å². The van der Waals surface area contributed by atoms with Crippen molar-refractivity contribution in [2.24, 2.45) is 0 Å². The van der Waals surface area contributed by atoms with Crippen LogP contribution in [0.4, 0.5) is 0 Å². The first-order chi connectivity index (χ1) is 22.1. The fraction of sp³-hybridized carbons (Fsp3) is 0.550. The van der Waals surface area contributed by atoms with E-state index in [1.807, 2.05) is 24.3 Å². The van der Waals surface area contributed by atoms with Crippen LogP contribution in [0.25, 0.3) is 0 Å². The molecule has 246 valence electrons. The second-order valence-electron chi connectivity index (χ2n) is 12.4. The largest absolute Gasteiger partial charge is 0.850 e. The molecule has 1 aliphatic rings. The van der Waals surface area contributed by atoms with E-state index in [1.54, 1.807) is 11.8 Å². The quantitative estimate of drug-likeness (QED) is 0.110. The Bertz CT molecular complexity index is 1190. The van der Waals surface area contributed by atoms with Crippen LogP contribution in [-0.2, 0) is 0 Å². The molecular formula is C40H55O4S-. The Morgan fingerprint density at radius 2 is 0.822 bits per heavy atom. The topological polar surface area (TPSA) is 50.8 Å². The average molecular weight is 632 g/mol. The van der Waals surface area contributed by atoms with Gasteiger partial charge < -0.3 is 19.3 Å². The number of hydrogen-bond acceptors (Lipinski definition) is 5. The van der Waals surface area contributed by atoms with E-state index >= 15 is 0 Å². The maximum atomic E-state index is 14.3. The van der Waals surface area contributed by atoms with Gasteiger partial charge >= 0.3 is 0 Å². The third kappa shape index (κ3) is 11.0. The Labute approximate surface area is 277 Å². The van der Waals surface area contributed by atoms with Crippen LogP contribution in [0.15, 0.2) is 72.8 Å². The second-order valence-corrected chi connectivity index (χ2v) is 13.7. The summed E-state index contributed by atoms with van der Waals surface area (Å²) in [5.74, 6) is 2.50. The molecule has 1 fully saturated rings. The SMILES string of the molecule is CCCCCCOc1ccc(C2SC(c3ccc(OCCCCCC)cc3)C(c3ccc(OCCCCCC)cc3)C2[O-])cc1. The minimum atomic E-state index is -0.781. The van der Waals surface area contributed by atoms with Crippen molar-refractivity contribution < 1.29 is 19.3 Å². The van der Waals surface area contributed by atoms with E-state index < -0.39 is 6.10 Å². The summed E-state index contributed by atoms with van der Waals surface area (Å²) < 4.78 is 18.0. The van der Waals surface area contributed by atoms with Crippen molar-refractivity contribution in [3.63, 3.8) is 0 Å². The van der Waals surface area contributed by atoms with Gasteiger partial charge in [-0.3, -0.25) is 0 Å². The number of hydrogen-bond donors (Lipinski definition) is 0. The van der Waals surface area contributed by atoms with Gasteiger partial charge in [-0.05, 0) is 78.3 Å². The molecule has 3 aromatic carbocycles. The zero-order valence-corrected chi connectivity index (χ0v) is 28.7. The standard InChI is InChI=1S/C40H55O4S/c1-4-7-10-13-28-42-34-22-16-31(17-23-34)37-38(41)40(33-20-26-36(27-21-33)44-30-15-12-9-6-3)45-39(37)32-18-24-35(25-19-32)43-29-14-11-8-5-2/h16-27,37-40H,4-15,28-30H2,1-3H3/q-1. The highest BCUT2D eigenvalue weighted by Gasteiger charge is 2.40. The molecule has 0 aromatic heterocycles. The van der Waals surface area contributed by atoms with Crippen molar-refractivity contribution in [2.75, 3.05) is 19.8 Å². The van der Waals surface area contributed by atoms with E-state index in [0.717, 1.165) is 67.5 Å². The first-order valence-corrected chi connectivity index (χ1v) is 18.6. The van der Waals surface area contributed by atoms with E-state index in [-0.39, 0.29) is 16.4 Å². The third-order valence-electron chi connectivity index (χ3n) is 8.75. The van der Waals surface area contributed by atoms with E-state index in [0.29, 0.717) is 0 Å². The summed E-state index contributed by atoms with van der Waals surface area (Å²) in [7, 11) is 0. The fourth-order valence-electron chi connectivity index (χ4n) is 6.05. The fourth-order valence-corrected chi connectivity index (χ4v) is 7.80. The smallest absolute Gasteiger partial charge is 0.119 e. The van der Waals surface area contributed by atoms with Crippen molar-refractivity contribution >= 4 is 11.8 Å². The van der Waals surface area contributed by atoms with E-state index in [1.165, 1.54) is 63.4 Å². The van der Waals surface area contributed by atoms with Crippen LogP contribution in [-0.4, -0.2) is 25.9 Å². The number of ether oxygens (including phenoxy) is 3.